The zero-order chi connectivity index (χ0) is 21.0. The number of aromatic nitrogens is 2. The van der Waals surface area contributed by atoms with E-state index in [0.29, 0.717) is 28.9 Å². The summed E-state index contributed by atoms with van der Waals surface area (Å²) in [4.78, 5) is 23.0. The van der Waals surface area contributed by atoms with Crippen molar-refractivity contribution in [3.63, 3.8) is 0 Å². The standard InChI is InChI=1S/C19H21N7O3/c1-24(2)18-11-17(21-19(22-18)25(3)4)23-20-12-15-8-9-16(29-15)13-6-5-7-14(10-13)26(27)28/h5-12H,1-4H3,(H,21,22,23)/b20-12+. The van der Waals surface area contributed by atoms with E-state index < -0.39 is 4.92 Å². The molecule has 0 aliphatic carbocycles. The molecule has 0 bridgehead atoms. The lowest BCUT2D eigenvalue weighted by Crippen LogP contribution is -2.17. The van der Waals surface area contributed by atoms with E-state index in [-0.39, 0.29) is 5.69 Å². The zero-order valence-corrected chi connectivity index (χ0v) is 16.5. The average Bonchev–Trinajstić information content (AvgIpc) is 3.16. The Morgan fingerprint density at radius 3 is 2.59 bits per heavy atom. The van der Waals surface area contributed by atoms with Crippen LogP contribution < -0.4 is 15.2 Å². The summed E-state index contributed by atoms with van der Waals surface area (Å²) in [5.74, 6) is 2.84. The number of furan rings is 1. The molecule has 0 fully saturated rings. The van der Waals surface area contributed by atoms with Crippen molar-refractivity contribution in [2.45, 2.75) is 0 Å². The predicted molar refractivity (Wildman–Crippen MR) is 113 cm³/mol. The van der Waals surface area contributed by atoms with Gasteiger partial charge in [-0.2, -0.15) is 15.1 Å². The van der Waals surface area contributed by atoms with Gasteiger partial charge in [0.1, 0.15) is 17.3 Å². The molecule has 3 rings (SSSR count). The lowest BCUT2D eigenvalue weighted by molar-refractivity contribution is -0.384. The highest BCUT2D eigenvalue weighted by molar-refractivity contribution is 5.78. The molecule has 2 heterocycles. The van der Waals surface area contributed by atoms with Gasteiger partial charge in [-0.25, -0.2) is 0 Å². The lowest BCUT2D eigenvalue weighted by Gasteiger charge is -2.16. The fourth-order valence-electron chi connectivity index (χ4n) is 2.42. The number of non-ortho nitro benzene ring substituents is 1. The number of hydrogen-bond acceptors (Lipinski definition) is 9. The first-order chi connectivity index (χ1) is 13.8. The Kier molecular flexibility index (Phi) is 5.72. The van der Waals surface area contributed by atoms with E-state index in [1.165, 1.54) is 18.3 Å². The third-order valence-corrected chi connectivity index (χ3v) is 3.90. The van der Waals surface area contributed by atoms with Crippen molar-refractivity contribution in [3.8, 4) is 11.3 Å². The van der Waals surface area contributed by atoms with Crippen LogP contribution in [0.3, 0.4) is 0 Å². The summed E-state index contributed by atoms with van der Waals surface area (Å²) >= 11 is 0. The summed E-state index contributed by atoms with van der Waals surface area (Å²) in [7, 11) is 7.51. The van der Waals surface area contributed by atoms with E-state index in [1.807, 2.05) is 33.1 Å². The van der Waals surface area contributed by atoms with E-state index in [1.54, 1.807) is 35.2 Å². The van der Waals surface area contributed by atoms with Crippen LogP contribution in [0.4, 0.5) is 23.3 Å². The Bertz CT molecular complexity index is 1020. The predicted octanol–water partition coefficient (Wildman–Crippen LogP) is 3.22. The number of nitrogens with zero attached hydrogens (tertiary/aromatic N) is 6. The average molecular weight is 395 g/mol. The van der Waals surface area contributed by atoms with E-state index >= 15 is 0 Å². The minimum absolute atomic E-state index is 0.00735. The van der Waals surface area contributed by atoms with Gasteiger partial charge < -0.3 is 14.2 Å². The van der Waals surface area contributed by atoms with E-state index in [9.17, 15) is 10.1 Å². The molecule has 0 saturated heterocycles. The second kappa shape index (κ2) is 8.38. The first-order valence-electron chi connectivity index (χ1n) is 8.71. The van der Waals surface area contributed by atoms with Crippen LogP contribution >= 0.6 is 0 Å². The molecule has 0 saturated carbocycles. The molecule has 10 heteroatoms. The quantitative estimate of drug-likeness (QED) is 0.369. The monoisotopic (exact) mass is 395 g/mol. The maximum atomic E-state index is 10.9. The molecule has 29 heavy (non-hydrogen) atoms. The summed E-state index contributed by atoms with van der Waals surface area (Å²) in [5, 5.41) is 15.1. The van der Waals surface area contributed by atoms with Gasteiger partial charge in [0.2, 0.25) is 5.95 Å². The van der Waals surface area contributed by atoms with Gasteiger partial charge in [0.05, 0.1) is 11.1 Å². The van der Waals surface area contributed by atoms with Crippen molar-refractivity contribution in [1.29, 1.82) is 0 Å². The smallest absolute Gasteiger partial charge is 0.270 e. The van der Waals surface area contributed by atoms with Crippen LogP contribution in [-0.4, -0.2) is 49.3 Å². The van der Waals surface area contributed by atoms with E-state index in [2.05, 4.69) is 20.5 Å². The molecule has 150 valence electrons. The molecule has 0 unspecified atom stereocenters. The van der Waals surface area contributed by atoms with Gasteiger partial charge in [0.25, 0.3) is 5.69 Å². The first-order valence-corrected chi connectivity index (χ1v) is 8.71. The summed E-state index contributed by atoms with van der Waals surface area (Å²) in [6.45, 7) is 0. The van der Waals surface area contributed by atoms with Gasteiger partial charge in [-0.1, -0.05) is 12.1 Å². The maximum Gasteiger partial charge on any atom is 0.270 e. The van der Waals surface area contributed by atoms with E-state index in [0.717, 1.165) is 5.82 Å². The van der Waals surface area contributed by atoms with Gasteiger partial charge in [-0.15, -0.1) is 0 Å². The Labute approximate surface area is 167 Å². The highest BCUT2D eigenvalue weighted by atomic mass is 16.6. The topological polar surface area (TPSA) is 113 Å². The summed E-state index contributed by atoms with van der Waals surface area (Å²) < 4.78 is 5.71. The maximum absolute atomic E-state index is 10.9. The Balaban J connectivity index is 1.75. The van der Waals surface area contributed by atoms with Crippen molar-refractivity contribution < 1.29 is 9.34 Å². The van der Waals surface area contributed by atoms with E-state index in [4.69, 9.17) is 4.42 Å². The van der Waals surface area contributed by atoms with Crippen molar-refractivity contribution in [3.05, 3.63) is 58.3 Å². The first kappa shape index (κ1) is 19.8. The Morgan fingerprint density at radius 2 is 1.90 bits per heavy atom. The van der Waals surface area contributed by atoms with Gasteiger partial charge in [-0.05, 0) is 12.1 Å². The molecule has 0 aliphatic rings. The number of hydrogen-bond donors (Lipinski definition) is 1. The summed E-state index contributed by atoms with van der Waals surface area (Å²) in [6.07, 6.45) is 1.51. The van der Waals surface area contributed by atoms with Crippen molar-refractivity contribution in [1.82, 2.24) is 9.97 Å². The molecule has 0 spiro atoms. The highest BCUT2D eigenvalue weighted by Crippen LogP contribution is 2.25. The third kappa shape index (κ3) is 4.86. The van der Waals surface area contributed by atoms with Crippen LogP contribution in [-0.2, 0) is 0 Å². The number of anilines is 3. The molecular formula is C19H21N7O3. The molecule has 3 aromatic rings. The molecule has 0 aliphatic heterocycles. The summed E-state index contributed by atoms with van der Waals surface area (Å²) in [6, 6.07) is 11.5. The Hall–Kier alpha value is -3.95. The van der Waals surface area contributed by atoms with Gasteiger partial charge in [0, 0.05) is 52.0 Å². The second-order valence-corrected chi connectivity index (χ2v) is 6.58. The minimum Gasteiger partial charge on any atom is -0.455 e. The van der Waals surface area contributed by atoms with Crippen LogP contribution in [0.25, 0.3) is 11.3 Å². The number of nitro groups is 1. The number of benzene rings is 1. The van der Waals surface area contributed by atoms with Crippen LogP contribution in [0.1, 0.15) is 5.76 Å². The second-order valence-electron chi connectivity index (χ2n) is 6.58. The molecule has 1 N–H and O–H groups in total. The zero-order valence-electron chi connectivity index (χ0n) is 16.5. The van der Waals surface area contributed by atoms with Gasteiger partial charge in [0.15, 0.2) is 5.82 Å². The number of rotatable bonds is 7. The Morgan fingerprint density at radius 1 is 1.10 bits per heavy atom. The number of hydrazone groups is 1. The number of nitrogens with one attached hydrogen (secondary N) is 1. The normalized spacial score (nSPS) is 10.9. The molecule has 0 atom stereocenters. The molecule has 2 aromatic heterocycles. The fraction of sp³-hybridized carbons (Fsp3) is 0.211. The molecule has 0 radical (unpaired) electrons. The van der Waals surface area contributed by atoms with Crippen LogP contribution in [0.2, 0.25) is 0 Å². The van der Waals surface area contributed by atoms with Crippen LogP contribution in [0.5, 0.6) is 0 Å². The number of nitro benzene ring substituents is 1. The molecule has 0 amide bonds. The third-order valence-electron chi connectivity index (χ3n) is 3.90. The van der Waals surface area contributed by atoms with Gasteiger partial charge >= 0.3 is 0 Å². The minimum atomic E-state index is -0.440. The summed E-state index contributed by atoms with van der Waals surface area (Å²) in [5.41, 5.74) is 3.50. The van der Waals surface area contributed by atoms with Crippen molar-refractivity contribution in [2.75, 3.05) is 43.4 Å². The van der Waals surface area contributed by atoms with Crippen LogP contribution in [0, 0.1) is 10.1 Å². The van der Waals surface area contributed by atoms with Crippen molar-refractivity contribution >= 4 is 29.5 Å². The van der Waals surface area contributed by atoms with Crippen molar-refractivity contribution in [2.24, 2.45) is 5.10 Å². The van der Waals surface area contributed by atoms with Gasteiger partial charge in [-0.3, -0.25) is 15.5 Å². The molecule has 1 aromatic carbocycles. The lowest BCUT2D eigenvalue weighted by atomic mass is 10.1. The molecule has 10 nitrogen and oxygen atoms in total. The van der Waals surface area contributed by atoms with Crippen LogP contribution in [0.15, 0.2) is 52.0 Å². The largest absolute Gasteiger partial charge is 0.455 e. The SMILES string of the molecule is CN(C)c1cc(N/N=C/c2ccc(-c3cccc([N+](=O)[O-])c3)o2)nc(N(C)C)n1. The highest BCUT2D eigenvalue weighted by Gasteiger charge is 2.10. The molecular weight excluding hydrogens is 374 g/mol. The fourth-order valence-corrected chi connectivity index (χ4v) is 2.42.